The molecule has 0 amide bonds. The van der Waals surface area contributed by atoms with Crippen molar-refractivity contribution in [2.75, 3.05) is 0 Å². The quantitative estimate of drug-likeness (QED) is 0.200. The molecule has 1 rings (SSSR count). The van der Waals surface area contributed by atoms with Crippen molar-refractivity contribution in [3.8, 4) is 5.75 Å². The zero-order chi connectivity index (χ0) is 23.7. The van der Waals surface area contributed by atoms with Crippen molar-refractivity contribution in [2.45, 2.75) is 79.7 Å². The zero-order valence-electron chi connectivity index (χ0n) is 18.4. The van der Waals surface area contributed by atoms with E-state index in [0.717, 1.165) is 5.75 Å². The molecule has 31 heavy (non-hydrogen) atoms. The number of rotatable bonds is 15. The van der Waals surface area contributed by atoms with Crippen LogP contribution in [-0.2, 0) is 19.7 Å². The van der Waals surface area contributed by atoms with Gasteiger partial charge in [-0.2, -0.15) is 8.42 Å². The van der Waals surface area contributed by atoms with Crippen LogP contribution in [0.25, 0.3) is 0 Å². The number of para-hydroxylation sites is 1. The molecule has 2 atom stereocenters. The SMILES string of the molecule is CCCCCCCCCC([CH2][Na])Oc1ccccc1.O=C(O)CC(C(=O)O)S(=O)(=O)O. The summed E-state index contributed by atoms with van der Waals surface area (Å²) >= 11 is 1.23. The molecule has 0 heterocycles. The molecule has 0 radical (unpaired) electrons. The van der Waals surface area contributed by atoms with E-state index in [2.05, 4.69) is 19.1 Å². The Kier molecular flexibility index (Phi) is 16.8. The normalized spacial score (nSPS) is 12.9. The molecule has 0 fully saturated rings. The summed E-state index contributed by atoms with van der Waals surface area (Å²) in [7, 11) is -4.84. The van der Waals surface area contributed by atoms with Gasteiger partial charge in [-0.05, 0) is 0 Å². The summed E-state index contributed by atoms with van der Waals surface area (Å²) in [6.45, 7) is 2.27. The van der Waals surface area contributed by atoms with E-state index in [0.29, 0.717) is 6.10 Å². The van der Waals surface area contributed by atoms with Crippen LogP contribution in [0.15, 0.2) is 30.3 Å². The summed E-state index contributed by atoms with van der Waals surface area (Å²) in [5.41, 5.74) is 0. The van der Waals surface area contributed by atoms with Crippen LogP contribution in [0.1, 0.15) is 64.7 Å². The Bertz CT molecular complexity index is 724. The van der Waals surface area contributed by atoms with Crippen molar-refractivity contribution in [1.82, 2.24) is 0 Å². The van der Waals surface area contributed by atoms with Gasteiger partial charge in [-0.3, -0.25) is 14.1 Å². The van der Waals surface area contributed by atoms with Gasteiger partial charge in [0.1, 0.15) is 0 Å². The van der Waals surface area contributed by atoms with E-state index in [1.807, 2.05) is 18.2 Å². The van der Waals surface area contributed by atoms with Crippen LogP contribution < -0.4 is 4.74 Å². The molecular formula is C21H33NaO8S. The van der Waals surface area contributed by atoms with E-state index in [1.165, 1.54) is 83.0 Å². The second kappa shape index (κ2) is 17.4. The fraction of sp³-hybridized carbons (Fsp3) is 0.619. The van der Waals surface area contributed by atoms with Crippen LogP contribution in [0.4, 0.5) is 0 Å². The number of carboxylic acids is 2. The van der Waals surface area contributed by atoms with E-state index in [1.54, 1.807) is 0 Å². The zero-order valence-corrected chi connectivity index (χ0v) is 21.2. The predicted molar refractivity (Wildman–Crippen MR) is 119 cm³/mol. The Labute approximate surface area is 202 Å². The van der Waals surface area contributed by atoms with Gasteiger partial charge in [-0.25, -0.2) is 0 Å². The molecule has 0 saturated heterocycles. The number of benzene rings is 1. The van der Waals surface area contributed by atoms with Crippen LogP contribution in [0.2, 0.25) is 3.67 Å². The van der Waals surface area contributed by atoms with Crippen LogP contribution >= 0.6 is 0 Å². The van der Waals surface area contributed by atoms with Gasteiger partial charge in [0.15, 0.2) is 5.25 Å². The molecule has 0 bridgehead atoms. The summed E-state index contributed by atoms with van der Waals surface area (Å²) in [5, 5.41) is 13.9. The fourth-order valence-corrected chi connectivity index (χ4v) is 4.03. The average Bonchev–Trinajstić information content (AvgIpc) is 2.70. The summed E-state index contributed by atoms with van der Waals surface area (Å²) in [6.07, 6.45) is 10.2. The maximum absolute atomic E-state index is 10.2. The first-order valence-corrected chi connectivity index (χ1v) is 13.7. The third-order valence-corrected chi connectivity index (χ3v) is 6.62. The Hall–Kier alpha value is -1.13. The summed E-state index contributed by atoms with van der Waals surface area (Å²) in [5.74, 6) is -2.47. The average molecular weight is 469 g/mol. The number of aliphatic carboxylic acids is 2. The van der Waals surface area contributed by atoms with Crippen molar-refractivity contribution in [3.05, 3.63) is 30.3 Å². The second-order valence-electron chi connectivity index (χ2n) is 7.31. The van der Waals surface area contributed by atoms with Crippen molar-refractivity contribution in [1.29, 1.82) is 0 Å². The largest absolute Gasteiger partial charge is 0.481 e. The Morgan fingerprint density at radius 3 is 1.97 bits per heavy atom. The minimum atomic E-state index is -4.84. The summed E-state index contributed by atoms with van der Waals surface area (Å²) in [6, 6.07) is 10.3. The van der Waals surface area contributed by atoms with Crippen LogP contribution in [0, 0.1) is 0 Å². The van der Waals surface area contributed by atoms with Crippen LogP contribution in [0.3, 0.4) is 0 Å². The standard InChI is InChI=1S/C17H27O.C4H6O7S.Na/c1-3-4-5-6-7-8-10-13-16(2)18-17-14-11-9-12-15-17;5-3(6)1-2(4(7)8)12(9,10)11;/h9,11-12,14-16H,2-8,10,13H2,1H3;2H,1H2,(H,5,6)(H,7,8)(H,9,10,11);. The number of carbonyl (C=O) groups is 2. The van der Waals surface area contributed by atoms with E-state index < -0.39 is 33.7 Å². The summed E-state index contributed by atoms with van der Waals surface area (Å²) < 4.78 is 35.9. The predicted octanol–water partition coefficient (Wildman–Crippen LogP) is 3.96. The number of carboxylic acid groups (broad SMARTS) is 2. The molecule has 1 aromatic carbocycles. The third-order valence-electron chi connectivity index (χ3n) is 4.63. The minimum absolute atomic E-state index is 0.449. The van der Waals surface area contributed by atoms with Gasteiger partial charge < -0.3 is 10.2 Å². The van der Waals surface area contributed by atoms with Crippen molar-refractivity contribution in [3.63, 3.8) is 0 Å². The van der Waals surface area contributed by atoms with Crippen molar-refractivity contribution in [2.24, 2.45) is 0 Å². The van der Waals surface area contributed by atoms with Gasteiger partial charge in [0.05, 0.1) is 6.42 Å². The molecule has 0 aliphatic carbocycles. The number of hydrogen-bond donors (Lipinski definition) is 3. The number of unbranched alkanes of at least 4 members (excludes halogenated alkanes) is 6. The number of hydrogen-bond acceptors (Lipinski definition) is 5. The Morgan fingerprint density at radius 1 is 1.00 bits per heavy atom. The molecule has 1 aromatic rings. The first kappa shape index (κ1) is 29.9. The molecule has 3 N–H and O–H groups in total. The van der Waals surface area contributed by atoms with Crippen LogP contribution in [-0.4, -0.2) is 74.4 Å². The monoisotopic (exact) mass is 468 g/mol. The molecule has 8 nitrogen and oxygen atoms in total. The van der Waals surface area contributed by atoms with E-state index in [9.17, 15) is 18.0 Å². The molecule has 0 aliphatic heterocycles. The van der Waals surface area contributed by atoms with Gasteiger partial charge >= 0.3 is 149 Å². The first-order chi connectivity index (χ1) is 14.6. The second-order valence-corrected chi connectivity index (χ2v) is 9.73. The third kappa shape index (κ3) is 16.2. The van der Waals surface area contributed by atoms with Crippen LogP contribution in [0.5, 0.6) is 5.75 Å². The van der Waals surface area contributed by atoms with Gasteiger partial charge in [0.2, 0.25) is 0 Å². The van der Waals surface area contributed by atoms with Crippen molar-refractivity contribution < 1.29 is 37.5 Å². The number of ether oxygens (including phenoxy) is 1. The van der Waals surface area contributed by atoms with Crippen molar-refractivity contribution >= 4 is 50.0 Å². The fourth-order valence-electron chi connectivity index (χ4n) is 2.85. The first-order valence-electron chi connectivity index (χ1n) is 10.7. The molecule has 0 aliphatic rings. The molecule has 2 unspecified atom stereocenters. The maximum atomic E-state index is 10.2. The molecule has 0 saturated carbocycles. The van der Waals surface area contributed by atoms with Gasteiger partial charge in [0, 0.05) is 0 Å². The van der Waals surface area contributed by atoms with E-state index in [-0.39, 0.29) is 0 Å². The molecule has 0 spiro atoms. The summed E-state index contributed by atoms with van der Waals surface area (Å²) in [4.78, 5) is 20.0. The smallest absolute Gasteiger partial charge is 0.325 e. The topological polar surface area (TPSA) is 138 Å². The molecule has 0 aromatic heterocycles. The minimum Gasteiger partial charge on any atom is -0.481 e. The van der Waals surface area contributed by atoms with Gasteiger partial charge in [-0.15, -0.1) is 0 Å². The molecule has 10 heteroatoms. The van der Waals surface area contributed by atoms with Gasteiger partial charge in [-0.1, -0.05) is 0 Å². The molecular weight excluding hydrogens is 435 g/mol. The van der Waals surface area contributed by atoms with Gasteiger partial charge in [0.25, 0.3) is 10.1 Å². The molecule has 172 valence electrons. The Balaban J connectivity index is 0.000000649. The Morgan fingerprint density at radius 2 is 1.55 bits per heavy atom. The van der Waals surface area contributed by atoms with E-state index in [4.69, 9.17) is 19.5 Å². The van der Waals surface area contributed by atoms with E-state index >= 15 is 0 Å². The maximum Gasteiger partial charge on any atom is 0.325 e.